The zero-order valence-corrected chi connectivity index (χ0v) is 14.0. The zero-order valence-electron chi connectivity index (χ0n) is 14.0. The highest BCUT2D eigenvalue weighted by molar-refractivity contribution is 5.99. The highest BCUT2D eigenvalue weighted by Gasteiger charge is 2.34. The summed E-state index contributed by atoms with van der Waals surface area (Å²) in [7, 11) is 3.14. The van der Waals surface area contributed by atoms with Gasteiger partial charge in [0.2, 0.25) is 5.91 Å². The molecule has 8 heteroatoms. The van der Waals surface area contributed by atoms with E-state index in [1.54, 1.807) is 43.3 Å². The molecule has 25 heavy (non-hydrogen) atoms. The number of anilines is 1. The van der Waals surface area contributed by atoms with Crippen LogP contribution in [0.1, 0.15) is 16.8 Å². The normalized spacial score (nSPS) is 16.7. The molecule has 1 aliphatic heterocycles. The fourth-order valence-corrected chi connectivity index (χ4v) is 3.00. The molecule has 1 atom stereocenters. The fraction of sp³-hybridized carbons (Fsp3) is 0.353. The molecule has 1 aromatic carbocycles. The van der Waals surface area contributed by atoms with Crippen LogP contribution in [0, 0.1) is 5.92 Å². The van der Waals surface area contributed by atoms with Crippen LogP contribution in [0.3, 0.4) is 0 Å². The number of hydrogen-bond acceptors (Lipinski definition) is 6. The summed E-state index contributed by atoms with van der Waals surface area (Å²) in [5.41, 5.74) is 0.599. The number of amides is 1. The van der Waals surface area contributed by atoms with Crippen molar-refractivity contribution in [3.63, 3.8) is 0 Å². The number of benzene rings is 1. The van der Waals surface area contributed by atoms with Crippen LogP contribution in [0.5, 0.6) is 5.75 Å². The molecule has 0 saturated carbocycles. The van der Waals surface area contributed by atoms with Gasteiger partial charge in [0.15, 0.2) is 17.1 Å². The van der Waals surface area contributed by atoms with Gasteiger partial charge >= 0.3 is 5.97 Å². The molecule has 1 aliphatic rings. The van der Waals surface area contributed by atoms with Gasteiger partial charge in [0.1, 0.15) is 5.75 Å². The Kier molecular flexibility index (Phi) is 4.60. The molecule has 1 fully saturated rings. The standard InChI is InChI=1S/C17H19N3O5/c1-18-16(21)11-7-8-20(9-11)15-13(17(22)23)14(25-19-15)10-3-5-12(24-2)6-4-10/h3-6,11H,7-9H2,1-2H3,(H,18,21)(H,22,23). The Morgan fingerprint density at radius 1 is 1.36 bits per heavy atom. The van der Waals surface area contributed by atoms with Gasteiger partial charge in [0, 0.05) is 25.7 Å². The van der Waals surface area contributed by atoms with E-state index in [1.807, 2.05) is 0 Å². The first-order chi connectivity index (χ1) is 12.0. The van der Waals surface area contributed by atoms with Crippen molar-refractivity contribution in [1.29, 1.82) is 0 Å². The van der Waals surface area contributed by atoms with Gasteiger partial charge in [-0.05, 0) is 30.7 Å². The lowest BCUT2D eigenvalue weighted by atomic mass is 10.1. The maximum atomic E-state index is 11.8. The Bertz CT molecular complexity index is 784. The number of nitrogens with one attached hydrogen (secondary N) is 1. The second kappa shape index (κ2) is 6.84. The van der Waals surface area contributed by atoms with Gasteiger partial charge in [-0.3, -0.25) is 4.79 Å². The van der Waals surface area contributed by atoms with Crippen molar-refractivity contribution in [2.45, 2.75) is 6.42 Å². The predicted molar refractivity (Wildman–Crippen MR) is 89.8 cm³/mol. The van der Waals surface area contributed by atoms with Crippen molar-refractivity contribution >= 4 is 17.7 Å². The third kappa shape index (κ3) is 3.15. The lowest BCUT2D eigenvalue weighted by Gasteiger charge is -2.15. The molecule has 1 amide bonds. The quantitative estimate of drug-likeness (QED) is 0.848. The van der Waals surface area contributed by atoms with Gasteiger partial charge in [-0.2, -0.15) is 0 Å². The molecule has 3 rings (SSSR count). The smallest absolute Gasteiger partial charge is 0.343 e. The number of aromatic nitrogens is 1. The van der Waals surface area contributed by atoms with Crippen LogP contribution in [0.15, 0.2) is 28.8 Å². The third-order valence-electron chi connectivity index (χ3n) is 4.35. The summed E-state index contributed by atoms with van der Waals surface area (Å²) in [4.78, 5) is 25.4. The molecular formula is C17H19N3O5. The highest BCUT2D eigenvalue weighted by Crippen LogP contribution is 2.34. The summed E-state index contributed by atoms with van der Waals surface area (Å²) in [5, 5.41) is 16.2. The largest absolute Gasteiger partial charge is 0.497 e. The molecule has 0 bridgehead atoms. The maximum absolute atomic E-state index is 11.8. The Labute approximate surface area is 144 Å². The molecule has 1 aromatic heterocycles. The summed E-state index contributed by atoms with van der Waals surface area (Å²) in [6, 6.07) is 6.88. The molecule has 0 aliphatic carbocycles. The van der Waals surface area contributed by atoms with Crippen LogP contribution in [0.2, 0.25) is 0 Å². The summed E-state index contributed by atoms with van der Waals surface area (Å²) in [5.74, 6) is -0.261. The van der Waals surface area contributed by atoms with Crippen LogP contribution in [-0.2, 0) is 4.79 Å². The fourth-order valence-electron chi connectivity index (χ4n) is 3.00. The molecule has 0 radical (unpaired) electrons. The number of ether oxygens (including phenoxy) is 1. The van der Waals surface area contributed by atoms with E-state index in [-0.39, 0.29) is 29.0 Å². The topological polar surface area (TPSA) is 105 Å². The zero-order chi connectivity index (χ0) is 18.0. The summed E-state index contributed by atoms with van der Waals surface area (Å²) in [6.45, 7) is 0.960. The van der Waals surface area contributed by atoms with E-state index in [0.29, 0.717) is 30.8 Å². The lowest BCUT2D eigenvalue weighted by Crippen LogP contribution is -2.30. The van der Waals surface area contributed by atoms with E-state index >= 15 is 0 Å². The summed E-state index contributed by atoms with van der Waals surface area (Å²) < 4.78 is 10.4. The lowest BCUT2D eigenvalue weighted by molar-refractivity contribution is -0.123. The summed E-state index contributed by atoms with van der Waals surface area (Å²) >= 11 is 0. The van der Waals surface area contributed by atoms with Crippen molar-refractivity contribution in [3.8, 4) is 17.1 Å². The molecule has 2 aromatic rings. The van der Waals surface area contributed by atoms with Crippen LogP contribution in [0.4, 0.5) is 5.82 Å². The minimum absolute atomic E-state index is 0.00252. The Morgan fingerprint density at radius 2 is 2.08 bits per heavy atom. The maximum Gasteiger partial charge on any atom is 0.343 e. The number of carboxylic acid groups (broad SMARTS) is 1. The van der Waals surface area contributed by atoms with Crippen LogP contribution >= 0.6 is 0 Å². The molecule has 8 nitrogen and oxygen atoms in total. The van der Waals surface area contributed by atoms with E-state index in [4.69, 9.17) is 9.26 Å². The van der Waals surface area contributed by atoms with Crippen molar-refractivity contribution in [1.82, 2.24) is 10.5 Å². The molecular weight excluding hydrogens is 326 g/mol. The Balaban J connectivity index is 1.92. The Morgan fingerprint density at radius 3 is 2.68 bits per heavy atom. The van der Waals surface area contributed by atoms with Gasteiger partial charge < -0.3 is 24.6 Å². The number of aromatic carboxylic acids is 1. The number of carboxylic acids is 1. The average Bonchev–Trinajstić information content (AvgIpc) is 3.27. The van der Waals surface area contributed by atoms with E-state index < -0.39 is 5.97 Å². The number of methoxy groups -OCH3 is 1. The van der Waals surface area contributed by atoms with Crippen molar-refractivity contribution < 1.29 is 24.0 Å². The van der Waals surface area contributed by atoms with Crippen LogP contribution in [0.25, 0.3) is 11.3 Å². The number of carbonyl (C=O) groups excluding carboxylic acids is 1. The summed E-state index contributed by atoms with van der Waals surface area (Å²) in [6.07, 6.45) is 0.642. The van der Waals surface area contributed by atoms with E-state index in [2.05, 4.69) is 10.5 Å². The minimum atomic E-state index is -1.12. The molecule has 0 spiro atoms. The highest BCUT2D eigenvalue weighted by atomic mass is 16.5. The van der Waals surface area contributed by atoms with E-state index in [0.717, 1.165) is 0 Å². The monoisotopic (exact) mass is 345 g/mol. The second-order valence-electron chi connectivity index (χ2n) is 5.79. The SMILES string of the molecule is CNC(=O)C1CCN(c2noc(-c3ccc(OC)cc3)c2C(=O)O)C1. The first-order valence-corrected chi connectivity index (χ1v) is 7.89. The van der Waals surface area contributed by atoms with Gasteiger partial charge in [0.05, 0.1) is 13.0 Å². The van der Waals surface area contributed by atoms with Gasteiger partial charge in [-0.15, -0.1) is 0 Å². The first-order valence-electron chi connectivity index (χ1n) is 7.89. The van der Waals surface area contributed by atoms with Gasteiger partial charge in [-0.25, -0.2) is 4.79 Å². The predicted octanol–water partition coefficient (Wildman–Crippen LogP) is 1.62. The number of hydrogen-bond donors (Lipinski definition) is 2. The van der Waals surface area contributed by atoms with Crippen LogP contribution in [-0.4, -0.2) is 49.4 Å². The van der Waals surface area contributed by atoms with Crippen molar-refractivity contribution in [2.75, 3.05) is 32.1 Å². The average molecular weight is 345 g/mol. The van der Waals surface area contributed by atoms with Crippen molar-refractivity contribution in [3.05, 3.63) is 29.8 Å². The van der Waals surface area contributed by atoms with E-state index in [1.165, 1.54) is 0 Å². The number of nitrogens with zero attached hydrogens (tertiary/aromatic N) is 2. The van der Waals surface area contributed by atoms with Crippen molar-refractivity contribution in [2.24, 2.45) is 5.92 Å². The Hall–Kier alpha value is -3.03. The van der Waals surface area contributed by atoms with Gasteiger partial charge in [0.25, 0.3) is 0 Å². The third-order valence-corrected chi connectivity index (χ3v) is 4.35. The van der Waals surface area contributed by atoms with Gasteiger partial charge in [-0.1, -0.05) is 5.16 Å². The molecule has 2 N–H and O–H groups in total. The van der Waals surface area contributed by atoms with Crippen LogP contribution < -0.4 is 15.0 Å². The van der Waals surface area contributed by atoms with E-state index in [9.17, 15) is 14.7 Å². The second-order valence-corrected chi connectivity index (χ2v) is 5.79. The first kappa shape index (κ1) is 16.8. The number of carbonyl (C=O) groups is 2. The molecule has 2 heterocycles. The number of rotatable bonds is 5. The minimum Gasteiger partial charge on any atom is -0.497 e. The molecule has 132 valence electrons. The molecule has 1 unspecified atom stereocenters. The molecule has 1 saturated heterocycles.